The highest BCUT2D eigenvalue weighted by molar-refractivity contribution is 7.92. The molecule has 0 radical (unpaired) electrons. The zero-order valence-corrected chi connectivity index (χ0v) is 16.2. The van der Waals surface area contributed by atoms with Crippen LogP contribution in [0.3, 0.4) is 0 Å². The topological polar surface area (TPSA) is 105 Å². The summed E-state index contributed by atoms with van der Waals surface area (Å²) in [4.78, 5) is 13.5. The van der Waals surface area contributed by atoms with E-state index in [0.29, 0.717) is 50.0 Å². The fourth-order valence-electron chi connectivity index (χ4n) is 2.93. The van der Waals surface area contributed by atoms with E-state index in [4.69, 9.17) is 9.47 Å². The van der Waals surface area contributed by atoms with Crippen LogP contribution in [-0.4, -0.2) is 52.4 Å². The minimum atomic E-state index is -3.94. The summed E-state index contributed by atoms with van der Waals surface area (Å²) in [5.74, 6) is -0.548. The zero-order valence-electron chi connectivity index (χ0n) is 15.4. The average molecular weight is 406 g/mol. The lowest BCUT2D eigenvalue weighted by Gasteiger charge is -2.30. The summed E-state index contributed by atoms with van der Waals surface area (Å²) in [6, 6.07) is 10.6. The molecular weight excluding hydrogens is 384 g/mol. The van der Waals surface area contributed by atoms with Crippen molar-refractivity contribution < 1.29 is 27.8 Å². The molecule has 0 aromatic heterocycles. The lowest BCUT2D eigenvalue weighted by Crippen LogP contribution is -2.37. The fourth-order valence-corrected chi connectivity index (χ4v) is 4.02. The van der Waals surface area contributed by atoms with E-state index in [0.717, 1.165) is 0 Å². The molecule has 28 heavy (non-hydrogen) atoms. The van der Waals surface area contributed by atoms with Crippen molar-refractivity contribution in [2.24, 2.45) is 0 Å². The van der Waals surface area contributed by atoms with Crippen LogP contribution in [0, 0.1) is 0 Å². The van der Waals surface area contributed by atoms with Gasteiger partial charge in [-0.1, -0.05) is 0 Å². The maximum Gasteiger partial charge on any atom is 0.337 e. The van der Waals surface area contributed by atoms with Crippen molar-refractivity contribution >= 4 is 27.4 Å². The Morgan fingerprint density at radius 1 is 1.18 bits per heavy atom. The summed E-state index contributed by atoms with van der Waals surface area (Å²) in [5, 5.41) is 9.57. The number of rotatable bonds is 7. The van der Waals surface area contributed by atoms with Gasteiger partial charge in [-0.05, 0) is 49.4 Å². The van der Waals surface area contributed by atoms with Gasteiger partial charge >= 0.3 is 5.97 Å². The van der Waals surface area contributed by atoms with Gasteiger partial charge in [0.15, 0.2) is 0 Å². The van der Waals surface area contributed by atoms with E-state index in [1.807, 2.05) is 11.8 Å². The van der Waals surface area contributed by atoms with E-state index in [2.05, 4.69) is 4.72 Å². The van der Waals surface area contributed by atoms with Crippen LogP contribution < -0.4 is 14.4 Å². The molecule has 0 spiro atoms. The molecule has 0 aliphatic carbocycles. The molecule has 3 rings (SSSR count). The highest BCUT2D eigenvalue weighted by Gasteiger charge is 2.23. The number of aromatic carboxylic acids is 1. The number of hydrogen-bond donors (Lipinski definition) is 2. The van der Waals surface area contributed by atoms with E-state index < -0.39 is 16.0 Å². The Hall–Kier alpha value is -2.78. The number of benzene rings is 2. The number of anilines is 2. The second-order valence-corrected chi connectivity index (χ2v) is 7.83. The molecule has 150 valence electrons. The van der Waals surface area contributed by atoms with Gasteiger partial charge in [0.1, 0.15) is 5.75 Å². The van der Waals surface area contributed by atoms with Crippen molar-refractivity contribution in [3.63, 3.8) is 0 Å². The van der Waals surface area contributed by atoms with Gasteiger partial charge in [0.25, 0.3) is 10.0 Å². The van der Waals surface area contributed by atoms with Crippen molar-refractivity contribution in [1.29, 1.82) is 0 Å². The largest absolute Gasteiger partial charge is 0.494 e. The number of hydrogen-bond acceptors (Lipinski definition) is 6. The standard InChI is InChI=1S/C19H22N2O6S/c1-2-27-15-5-3-14(4-6-15)20-28(24,25)16-7-8-18(17(13-16)19(22)23)21-9-11-26-12-10-21/h3-8,13,20H,2,9-12H2,1H3,(H,22,23). The third-order valence-corrected chi connectivity index (χ3v) is 5.66. The fraction of sp³-hybridized carbons (Fsp3) is 0.316. The number of carboxylic acid groups (broad SMARTS) is 1. The van der Waals surface area contributed by atoms with Gasteiger partial charge < -0.3 is 19.5 Å². The Morgan fingerprint density at radius 2 is 1.86 bits per heavy atom. The van der Waals surface area contributed by atoms with Gasteiger partial charge in [0.05, 0.1) is 36.0 Å². The minimum absolute atomic E-state index is 0.0588. The maximum absolute atomic E-state index is 12.7. The van der Waals surface area contributed by atoms with Gasteiger partial charge in [-0.15, -0.1) is 0 Å². The lowest BCUT2D eigenvalue weighted by atomic mass is 10.1. The number of nitrogens with zero attached hydrogens (tertiary/aromatic N) is 1. The Bertz CT molecular complexity index is 937. The number of sulfonamides is 1. The van der Waals surface area contributed by atoms with Crippen LogP contribution in [0.25, 0.3) is 0 Å². The molecule has 8 nitrogen and oxygen atoms in total. The predicted octanol–water partition coefficient (Wildman–Crippen LogP) is 2.42. The van der Waals surface area contributed by atoms with Crippen molar-refractivity contribution in [2.45, 2.75) is 11.8 Å². The second kappa shape index (κ2) is 8.49. The van der Waals surface area contributed by atoms with Crippen molar-refractivity contribution in [3.05, 3.63) is 48.0 Å². The molecule has 1 aliphatic rings. The van der Waals surface area contributed by atoms with Crippen molar-refractivity contribution in [1.82, 2.24) is 0 Å². The SMILES string of the molecule is CCOc1ccc(NS(=O)(=O)c2ccc(N3CCOCC3)c(C(=O)O)c2)cc1. The summed E-state index contributed by atoms with van der Waals surface area (Å²) in [6.07, 6.45) is 0. The van der Waals surface area contributed by atoms with E-state index in [9.17, 15) is 18.3 Å². The Labute approximate surface area is 163 Å². The Kier molecular flexibility index (Phi) is 6.05. The molecule has 2 aromatic carbocycles. The first-order valence-corrected chi connectivity index (χ1v) is 10.3. The molecule has 1 fully saturated rings. The van der Waals surface area contributed by atoms with E-state index in [-0.39, 0.29) is 10.5 Å². The zero-order chi connectivity index (χ0) is 20.1. The third kappa shape index (κ3) is 4.55. The average Bonchev–Trinajstić information content (AvgIpc) is 2.69. The molecule has 1 saturated heterocycles. The molecule has 1 aliphatic heterocycles. The molecule has 2 N–H and O–H groups in total. The van der Waals surface area contributed by atoms with Gasteiger partial charge in [0.2, 0.25) is 0 Å². The van der Waals surface area contributed by atoms with Gasteiger partial charge in [-0.25, -0.2) is 13.2 Å². The lowest BCUT2D eigenvalue weighted by molar-refractivity contribution is 0.0696. The van der Waals surface area contributed by atoms with Gasteiger partial charge in [0, 0.05) is 18.8 Å². The van der Waals surface area contributed by atoms with Crippen LogP contribution in [0.2, 0.25) is 0 Å². The van der Waals surface area contributed by atoms with E-state index in [1.54, 1.807) is 24.3 Å². The van der Waals surface area contributed by atoms with Crippen molar-refractivity contribution in [3.8, 4) is 5.75 Å². The van der Waals surface area contributed by atoms with E-state index in [1.165, 1.54) is 18.2 Å². The summed E-state index contributed by atoms with van der Waals surface area (Å²) in [7, 11) is -3.94. The first-order chi connectivity index (χ1) is 13.4. The summed E-state index contributed by atoms with van der Waals surface area (Å²) >= 11 is 0. The Morgan fingerprint density at radius 3 is 2.46 bits per heavy atom. The molecule has 0 amide bonds. The number of carboxylic acids is 1. The molecule has 0 saturated carbocycles. The van der Waals surface area contributed by atoms with E-state index >= 15 is 0 Å². The normalized spacial score (nSPS) is 14.5. The monoisotopic (exact) mass is 406 g/mol. The van der Waals surface area contributed by atoms with Gasteiger partial charge in [-0.3, -0.25) is 4.72 Å². The van der Waals surface area contributed by atoms with Crippen molar-refractivity contribution in [2.75, 3.05) is 42.5 Å². The maximum atomic E-state index is 12.7. The van der Waals surface area contributed by atoms with Crippen LogP contribution in [0.4, 0.5) is 11.4 Å². The molecule has 9 heteroatoms. The van der Waals surface area contributed by atoms with Crippen LogP contribution >= 0.6 is 0 Å². The third-order valence-electron chi connectivity index (χ3n) is 4.28. The first kappa shape index (κ1) is 20.0. The summed E-state index contributed by atoms with van der Waals surface area (Å²) in [6.45, 7) is 4.47. The number of ether oxygens (including phenoxy) is 2. The molecule has 0 bridgehead atoms. The Balaban J connectivity index is 1.86. The highest BCUT2D eigenvalue weighted by Crippen LogP contribution is 2.27. The number of morpholine rings is 1. The van der Waals surface area contributed by atoms with Gasteiger partial charge in [-0.2, -0.15) is 0 Å². The molecule has 2 aromatic rings. The quantitative estimate of drug-likeness (QED) is 0.727. The molecule has 1 heterocycles. The summed E-state index contributed by atoms with van der Waals surface area (Å²) < 4.78 is 38.5. The predicted molar refractivity (Wildman–Crippen MR) is 105 cm³/mol. The van der Waals surface area contributed by atoms with Crippen LogP contribution in [0.15, 0.2) is 47.4 Å². The minimum Gasteiger partial charge on any atom is -0.494 e. The highest BCUT2D eigenvalue weighted by atomic mass is 32.2. The summed E-state index contributed by atoms with van der Waals surface area (Å²) in [5.41, 5.74) is 0.782. The first-order valence-electron chi connectivity index (χ1n) is 8.86. The van der Waals surface area contributed by atoms with Crippen LogP contribution in [-0.2, 0) is 14.8 Å². The second-order valence-electron chi connectivity index (χ2n) is 6.15. The smallest absolute Gasteiger partial charge is 0.337 e. The van der Waals surface area contributed by atoms with Crippen LogP contribution in [0.1, 0.15) is 17.3 Å². The van der Waals surface area contributed by atoms with Crippen LogP contribution in [0.5, 0.6) is 5.75 Å². The number of carbonyl (C=O) groups is 1. The number of nitrogens with one attached hydrogen (secondary N) is 1. The molecular formula is C19H22N2O6S. The molecule has 0 atom stereocenters. The molecule has 0 unspecified atom stereocenters.